The molecule has 0 aliphatic carbocycles. The van der Waals surface area contributed by atoms with E-state index in [2.05, 4.69) is 4.98 Å². The van der Waals surface area contributed by atoms with E-state index >= 15 is 0 Å². The van der Waals surface area contributed by atoms with Crippen molar-refractivity contribution in [2.45, 2.75) is 13.8 Å². The smallest absolute Gasteiger partial charge is 0.305 e. The third kappa shape index (κ3) is 2.02. The minimum absolute atomic E-state index is 0.0484. The van der Waals surface area contributed by atoms with Crippen LogP contribution in [0.1, 0.15) is 11.8 Å². The van der Waals surface area contributed by atoms with E-state index in [0.717, 1.165) is 21.8 Å². The van der Waals surface area contributed by atoms with Crippen molar-refractivity contribution >= 4 is 22.9 Å². The lowest BCUT2D eigenvalue weighted by Gasteiger charge is -2.28. The molecular formula is C14H14N2O3S. The number of ether oxygens (including phenoxy) is 1. The highest BCUT2D eigenvalue weighted by Crippen LogP contribution is 2.36. The van der Waals surface area contributed by atoms with Crippen LogP contribution in [-0.2, 0) is 4.79 Å². The third-order valence-electron chi connectivity index (χ3n) is 3.33. The molecule has 5 nitrogen and oxygen atoms in total. The summed E-state index contributed by atoms with van der Waals surface area (Å²) >= 11 is 1.19. The number of carbonyl (C=O) groups is 1. The molecule has 3 rings (SSSR count). The SMILES string of the molecule is CCN1C(=O)COc2ccc(-c3[nH]c(=O)sc3C)cc21. The minimum atomic E-state index is -0.0742. The van der Waals surface area contributed by atoms with E-state index < -0.39 is 0 Å². The summed E-state index contributed by atoms with van der Waals surface area (Å²) in [6.07, 6.45) is 0. The number of hydrogen-bond acceptors (Lipinski definition) is 4. The Hall–Kier alpha value is -2.08. The van der Waals surface area contributed by atoms with Gasteiger partial charge in [-0.15, -0.1) is 0 Å². The third-order valence-corrected chi connectivity index (χ3v) is 4.13. The zero-order valence-corrected chi connectivity index (χ0v) is 12.0. The van der Waals surface area contributed by atoms with Gasteiger partial charge in [-0.25, -0.2) is 0 Å². The zero-order chi connectivity index (χ0) is 14.3. The maximum Gasteiger partial charge on any atom is 0.305 e. The van der Waals surface area contributed by atoms with Gasteiger partial charge in [0.25, 0.3) is 5.91 Å². The van der Waals surface area contributed by atoms with Crippen molar-refractivity contribution in [1.29, 1.82) is 0 Å². The van der Waals surface area contributed by atoms with Gasteiger partial charge in [0.1, 0.15) is 5.75 Å². The molecule has 1 aliphatic rings. The largest absolute Gasteiger partial charge is 0.482 e. The van der Waals surface area contributed by atoms with E-state index in [1.165, 1.54) is 11.3 Å². The van der Waals surface area contributed by atoms with Crippen molar-refractivity contribution in [3.05, 3.63) is 32.7 Å². The first-order chi connectivity index (χ1) is 9.60. The lowest BCUT2D eigenvalue weighted by atomic mass is 10.1. The Kier molecular flexibility index (Phi) is 3.10. The average Bonchev–Trinajstić information content (AvgIpc) is 2.77. The molecule has 1 amide bonds. The Morgan fingerprint density at radius 1 is 1.40 bits per heavy atom. The minimum Gasteiger partial charge on any atom is -0.482 e. The van der Waals surface area contributed by atoms with Crippen molar-refractivity contribution < 1.29 is 9.53 Å². The van der Waals surface area contributed by atoms with E-state index in [0.29, 0.717) is 12.3 Å². The number of hydrogen-bond donors (Lipinski definition) is 1. The van der Waals surface area contributed by atoms with Crippen LogP contribution in [0.2, 0.25) is 0 Å². The predicted molar refractivity (Wildman–Crippen MR) is 78.6 cm³/mol. The van der Waals surface area contributed by atoms with E-state index in [1.807, 2.05) is 32.0 Å². The summed E-state index contributed by atoms with van der Waals surface area (Å²) in [4.78, 5) is 28.7. The number of likely N-dealkylation sites (N-methyl/N-ethyl adjacent to an activating group) is 1. The molecule has 0 saturated carbocycles. The fourth-order valence-electron chi connectivity index (χ4n) is 2.39. The Balaban J connectivity index is 2.13. The molecule has 2 heterocycles. The van der Waals surface area contributed by atoms with Gasteiger partial charge in [0.2, 0.25) is 0 Å². The number of benzene rings is 1. The number of amides is 1. The van der Waals surface area contributed by atoms with Gasteiger partial charge < -0.3 is 14.6 Å². The van der Waals surface area contributed by atoms with Crippen molar-refractivity contribution in [1.82, 2.24) is 4.98 Å². The second kappa shape index (κ2) is 4.79. The maximum atomic E-state index is 11.9. The molecule has 0 spiro atoms. The van der Waals surface area contributed by atoms with Crippen LogP contribution in [0.4, 0.5) is 5.69 Å². The molecule has 1 aromatic heterocycles. The number of rotatable bonds is 2. The van der Waals surface area contributed by atoms with Crippen LogP contribution in [-0.4, -0.2) is 24.0 Å². The van der Waals surface area contributed by atoms with Crippen LogP contribution >= 0.6 is 11.3 Å². The highest BCUT2D eigenvalue weighted by atomic mass is 32.1. The number of aryl methyl sites for hydroxylation is 1. The quantitative estimate of drug-likeness (QED) is 0.922. The van der Waals surface area contributed by atoms with Gasteiger partial charge in [0.15, 0.2) is 6.61 Å². The first-order valence-corrected chi connectivity index (χ1v) is 7.19. The summed E-state index contributed by atoms with van der Waals surface area (Å²) in [7, 11) is 0. The van der Waals surface area contributed by atoms with Crippen LogP contribution in [0.3, 0.4) is 0 Å². The first kappa shape index (κ1) is 12.9. The summed E-state index contributed by atoms with van der Waals surface area (Å²) in [5.74, 6) is 0.651. The fraction of sp³-hybridized carbons (Fsp3) is 0.286. The van der Waals surface area contributed by atoms with Gasteiger partial charge in [-0.2, -0.15) is 0 Å². The number of fused-ring (bicyclic) bond motifs is 1. The Bertz CT molecular complexity index is 732. The monoisotopic (exact) mass is 290 g/mol. The molecule has 1 aromatic carbocycles. The van der Waals surface area contributed by atoms with Gasteiger partial charge in [-0.05, 0) is 32.0 Å². The van der Waals surface area contributed by atoms with E-state index in [9.17, 15) is 9.59 Å². The van der Waals surface area contributed by atoms with Crippen LogP contribution in [0.25, 0.3) is 11.3 Å². The number of nitrogens with one attached hydrogen (secondary N) is 1. The molecular weight excluding hydrogens is 276 g/mol. The number of nitrogens with zero attached hydrogens (tertiary/aromatic N) is 1. The lowest BCUT2D eigenvalue weighted by Crippen LogP contribution is -2.38. The van der Waals surface area contributed by atoms with Crippen LogP contribution in [0, 0.1) is 6.92 Å². The molecule has 1 N–H and O–H groups in total. The number of anilines is 1. The van der Waals surface area contributed by atoms with E-state index in [4.69, 9.17) is 4.74 Å². The van der Waals surface area contributed by atoms with Crippen molar-refractivity contribution in [3.8, 4) is 17.0 Å². The summed E-state index contributed by atoms with van der Waals surface area (Å²) in [5, 5.41) is 0. The molecule has 6 heteroatoms. The predicted octanol–water partition coefficient (Wildman–Crippen LogP) is 2.16. The highest BCUT2D eigenvalue weighted by Gasteiger charge is 2.24. The molecule has 2 aromatic rings. The zero-order valence-electron chi connectivity index (χ0n) is 11.2. The topological polar surface area (TPSA) is 62.4 Å². The standard InChI is InChI=1S/C14H14N2O3S/c1-3-16-10-6-9(13-8(2)20-14(18)15-13)4-5-11(10)19-7-12(16)17/h4-6H,3,7H2,1-2H3,(H,15,18). The van der Waals surface area contributed by atoms with Gasteiger partial charge in [0, 0.05) is 17.0 Å². The average molecular weight is 290 g/mol. The highest BCUT2D eigenvalue weighted by molar-refractivity contribution is 7.09. The number of carbonyl (C=O) groups excluding carboxylic acids is 1. The summed E-state index contributed by atoms with van der Waals surface area (Å²) in [5.41, 5.74) is 2.45. The number of aromatic nitrogens is 1. The molecule has 0 atom stereocenters. The maximum absolute atomic E-state index is 11.9. The lowest BCUT2D eigenvalue weighted by molar-refractivity contribution is -0.121. The van der Waals surface area contributed by atoms with E-state index in [1.54, 1.807) is 4.90 Å². The van der Waals surface area contributed by atoms with Crippen molar-refractivity contribution in [2.24, 2.45) is 0 Å². The fourth-order valence-corrected chi connectivity index (χ4v) is 3.09. The van der Waals surface area contributed by atoms with Gasteiger partial charge in [-0.1, -0.05) is 11.3 Å². The summed E-state index contributed by atoms with van der Waals surface area (Å²) < 4.78 is 5.43. The number of thiazole rings is 1. The summed E-state index contributed by atoms with van der Waals surface area (Å²) in [6.45, 7) is 4.50. The van der Waals surface area contributed by atoms with Crippen LogP contribution < -0.4 is 14.5 Å². The van der Waals surface area contributed by atoms with Crippen LogP contribution in [0.15, 0.2) is 23.0 Å². The van der Waals surface area contributed by atoms with Crippen molar-refractivity contribution in [2.75, 3.05) is 18.1 Å². The second-order valence-electron chi connectivity index (χ2n) is 4.55. The molecule has 0 unspecified atom stereocenters. The first-order valence-electron chi connectivity index (χ1n) is 6.37. The Labute approximate surface area is 119 Å². The van der Waals surface area contributed by atoms with Crippen LogP contribution in [0.5, 0.6) is 5.75 Å². The Morgan fingerprint density at radius 3 is 2.85 bits per heavy atom. The van der Waals surface area contributed by atoms with Gasteiger partial charge >= 0.3 is 4.87 Å². The Morgan fingerprint density at radius 2 is 2.20 bits per heavy atom. The molecule has 0 fully saturated rings. The molecule has 104 valence electrons. The van der Waals surface area contributed by atoms with Gasteiger partial charge in [0.05, 0.1) is 11.4 Å². The second-order valence-corrected chi connectivity index (χ2v) is 5.74. The molecule has 1 aliphatic heterocycles. The van der Waals surface area contributed by atoms with Gasteiger partial charge in [-0.3, -0.25) is 9.59 Å². The number of aromatic amines is 1. The molecule has 0 saturated heterocycles. The van der Waals surface area contributed by atoms with E-state index in [-0.39, 0.29) is 17.4 Å². The number of H-pyrrole nitrogens is 1. The molecule has 0 radical (unpaired) electrons. The molecule has 20 heavy (non-hydrogen) atoms. The summed E-state index contributed by atoms with van der Waals surface area (Å²) in [6, 6.07) is 5.63. The normalized spacial score (nSPS) is 14.1. The van der Waals surface area contributed by atoms with Crippen molar-refractivity contribution in [3.63, 3.8) is 0 Å². The molecule has 0 bridgehead atoms.